The van der Waals surface area contributed by atoms with Gasteiger partial charge in [-0.15, -0.1) is 0 Å². The monoisotopic (exact) mass is 293 g/mol. The van der Waals surface area contributed by atoms with Crippen LogP contribution in [0.1, 0.15) is 18.4 Å². The Balaban J connectivity index is 2.03. The van der Waals surface area contributed by atoms with Crippen LogP contribution in [-0.2, 0) is 6.42 Å². The summed E-state index contributed by atoms with van der Waals surface area (Å²) in [5, 5.41) is 0.823. The van der Waals surface area contributed by atoms with Crippen LogP contribution in [0.2, 0.25) is 5.02 Å². The Labute approximate surface area is 127 Å². The van der Waals surface area contributed by atoms with Gasteiger partial charge >= 0.3 is 0 Å². The van der Waals surface area contributed by atoms with Crippen molar-refractivity contribution in [2.45, 2.75) is 19.3 Å². The molecule has 4 heteroatoms. The SMILES string of the molecule is CN(C)C(=NCC1(Cc2cccc(Cl)c2)CC1)N(C)C. The van der Waals surface area contributed by atoms with E-state index in [-0.39, 0.29) is 0 Å². The summed E-state index contributed by atoms with van der Waals surface area (Å²) in [6.07, 6.45) is 3.60. The predicted molar refractivity (Wildman–Crippen MR) is 86.5 cm³/mol. The first-order valence-electron chi connectivity index (χ1n) is 7.05. The molecular formula is C16H24ClN3. The molecule has 1 saturated carbocycles. The second kappa shape index (κ2) is 6.04. The lowest BCUT2D eigenvalue weighted by Crippen LogP contribution is -2.36. The Hall–Kier alpha value is -1.22. The lowest BCUT2D eigenvalue weighted by Gasteiger charge is -2.24. The Bertz CT molecular complexity index is 480. The van der Waals surface area contributed by atoms with Crippen molar-refractivity contribution in [3.8, 4) is 0 Å². The van der Waals surface area contributed by atoms with Crippen LogP contribution >= 0.6 is 11.6 Å². The van der Waals surface area contributed by atoms with E-state index in [2.05, 4.69) is 21.9 Å². The normalized spacial score (nSPS) is 15.7. The summed E-state index contributed by atoms with van der Waals surface area (Å²) in [4.78, 5) is 8.94. The standard InChI is InChI=1S/C16H24ClN3/c1-19(2)15(20(3)4)18-12-16(8-9-16)11-13-6-5-7-14(17)10-13/h5-7,10H,8-9,11-12H2,1-4H3. The molecule has 1 aromatic rings. The van der Waals surface area contributed by atoms with Crippen molar-refractivity contribution in [2.75, 3.05) is 34.7 Å². The molecule has 0 spiro atoms. The summed E-state index contributed by atoms with van der Waals surface area (Å²) < 4.78 is 0. The number of aliphatic imine (C=N–C) groups is 1. The van der Waals surface area contributed by atoms with Gasteiger partial charge in [0.15, 0.2) is 5.96 Å². The fraction of sp³-hybridized carbons (Fsp3) is 0.562. The van der Waals surface area contributed by atoms with Gasteiger partial charge in [-0.25, -0.2) is 0 Å². The largest absolute Gasteiger partial charge is 0.349 e. The lowest BCUT2D eigenvalue weighted by molar-refractivity contribution is 0.461. The molecule has 0 atom stereocenters. The number of nitrogens with zero attached hydrogens (tertiary/aromatic N) is 3. The van der Waals surface area contributed by atoms with Gasteiger partial charge in [0.2, 0.25) is 0 Å². The average Bonchev–Trinajstić information content (AvgIpc) is 3.08. The number of rotatable bonds is 4. The van der Waals surface area contributed by atoms with Crippen LogP contribution in [0.3, 0.4) is 0 Å². The van der Waals surface area contributed by atoms with Gasteiger partial charge in [-0.1, -0.05) is 23.7 Å². The fourth-order valence-corrected chi connectivity index (χ4v) is 2.78. The molecule has 0 heterocycles. The Morgan fingerprint density at radius 3 is 2.35 bits per heavy atom. The summed E-state index contributed by atoms with van der Waals surface area (Å²) in [6, 6.07) is 8.19. The molecule has 0 aliphatic heterocycles. The summed E-state index contributed by atoms with van der Waals surface area (Å²) in [6.45, 7) is 0.894. The highest BCUT2D eigenvalue weighted by atomic mass is 35.5. The zero-order valence-corrected chi connectivity index (χ0v) is 13.6. The summed E-state index contributed by atoms with van der Waals surface area (Å²) in [5.41, 5.74) is 1.67. The third kappa shape index (κ3) is 3.89. The first kappa shape index (κ1) is 15.2. The topological polar surface area (TPSA) is 18.8 Å². The summed E-state index contributed by atoms with van der Waals surface area (Å²) >= 11 is 6.06. The van der Waals surface area contributed by atoms with E-state index in [1.54, 1.807) is 0 Å². The Morgan fingerprint density at radius 2 is 1.85 bits per heavy atom. The van der Waals surface area contributed by atoms with Crippen LogP contribution in [0.15, 0.2) is 29.3 Å². The van der Waals surface area contributed by atoms with Gasteiger partial charge in [0, 0.05) is 39.8 Å². The van der Waals surface area contributed by atoms with Gasteiger partial charge in [-0.05, 0) is 42.4 Å². The molecule has 0 saturated heterocycles. The minimum absolute atomic E-state index is 0.349. The van der Waals surface area contributed by atoms with Crippen molar-refractivity contribution in [3.63, 3.8) is 0 Å². The molecule has 1 fully saturated rings. The number of benzene rings is 1. The molecule has 2 rings (SSSR count). The third-order valence-electron chi connectivity index (χ3n) is 3.78. The molecular weight excluding hydrogens is 270 g/mol. The van der Waals surface area contributed by atoms with Crippen LogP contribution in [0.25, 0.3) is 0 Å². The second-order valence-corrected chi connectivity index (χ2v) is 6.65. The van der Waals surface area contributed by atoms with Crippen molar-refractivity contribution in [3.05, 3.63) is 34.9 Å². The first-order valence-corrected chi connectivity index (χ1v) is 7.43. The van der Waals surface area contributed by atoms with Crippen molar-refractivity contribution < 1.29 is 0 Å². The van der Waals surface area contributed by atoms with Crippen LogP contribution in [0.5, 0.6) is 0 Å². The van der Waals surface area contributed by atoms with Gasteiger partial charge in [-0.2, -0.15) is 0 Å². The molecule has 110 valence electrons. The molecule has 0 unspecified atom stereocenters. The molecule has 0 N–H and O–H groups in total. The molecule has 0 radical (unpaired) electrons. The number of hydrogen-bond donors (Lipinski definition) is 0. The minimum atomic E-state index is 0.349. The first-order chi connectivity index (χ1) is 9.42. The van der Waals surface area contributed by atoms with Crippen molar-refractivity contribution in [1.82, 2.24) is 9.80 Å². The highest BCUT2D eigenvalue weighted by Crippen LogP contribution is 2.48. The molecule has 1 aliphatic carbocycles. The fourth-order valence-electron chi connectivity index (χ4n) is 2.57. The zero-order valence-electron chi connectivity index (χ0n) is 12.9. The number of hydrogen-bond acceptors (Lipinski definition) is 1. The van der Waals surface area contributed by atoms with E-state index in [9.17, 15) is 0 Å². The molecule has 20 heavy (non-hydrogen) atoms. The highest BCUT2D eigenvalue weighted by molar-refractivity contribution is 6.30. The summed E-state index contributed by atoms with van der Waals surface area (Å²) in [5.74, 6) is 1.03. The zero-order chi connectivity index (χ0) is 14.8. The van der Waals surface area contributed by atoms with E-state index in [1.807, 2.05) is 40.3 Å². The Kier molecular flexibility index (Phi) is 4.59. The van der Waals surface area contributed by atoms with Crippen LogP contribution in [-0.4, -0.2) is 50.5 Å². The number of halogens is 1. The van der Waals surface area contributed by atoms with Crippen LogP contribution < -0.4 is 0 Å². The molecule has 0 aromatic heterocycles. The van der Waals surface area contributed by atoms with Crippen molar-refractivity contribution >= 4 is 17.6 Å². The summed E-state index contributed by atoms with van der Waals surface area (Å²) in [7, 11) is 8.15. The molecule has 0 amide bonds. The van der Waals surface area contributed by atoms with E-state index >= 15 is 0 Å². The van der Waals surface area contributed by atoms with Crippen molar-refractivity contribution in [1.29, 1.82) is 0 Å². The lowest BCUT2D eigenvalue weighted by atomic mass is 9.97. The van der Waals surface area contributed by atoms with Gasteiger partial charge in [0.1, 0.15) is 0 Å². The molecule has 0 bridgehead atoms. The smallest absolute Gasteiger partial charge is 0.195 e. The van der Waals surface area contributed by atoms with E-state index < -0.39 is 0 Å². The molecule has 3 nitrogen and oxygen atoms in total. The maximum Gasteiger partial charge on any atom is 0.195 e. The molecule has 1 aliphatic rings. The van der Waals surface area contributed by atoms with E-state index in [4.69, 9.17) is 16.6 Å². The van der Waals surface area contributed by atoms with Gasteiger partial charge in [-0.3, -0.25) is 4.99 Å². The Morgan fingerprint density at radius 1 is 1.20 bits per heavy atom. The van der Waals surface area contributed by atoms with Crippen LogP contribution in [0, 0.1) is 5.41 Å². The quantitative estimate of drug-likeness (QED) is 0.627. The average molecular weight is 294 g/mol. The van der Waals surface area contributed by atoms with Gasteiger partial charge < -0.3 is 9.80 Å². The van der Waals surface area contributed by atoms with Gasteiger partial charge in [0.05, 0.1) is 0 Å². The van der Waals surface area contributed by atoms with E-state index in [1.165, 1.54) is 18.4 Å². The molecule has 1 aromatic carbocycles. The number of guanidine groups is 1. The third-order valence-corrected chi connectivity index (χ3v) is 4.02. The predicted octanol–water partition coefficient (Wildman–Crippen LogP) is 3.14. The maximum absolute atomic E-state index is 6.06. The van der Waals surface area contributed by atoms with E-state index in [0.717, 1.165) is 23.9 Å². The van der Waals surface area contributed by atoms with E-state index in [0.29, 0.717) is 5.41 Å². The maximum atomic E-state index is 6.06. The second-order valence-electron chi connectivity index (χ2n) is 6.21. The van der Waals surface area contributed by atoms with Crippen molar-refractivity contribution in [2.24, 2.45) is 10.4 Å². The minimum Gasteiger partial charge on any atom is -0.349 e. The van der Waals surface area contributed by atoms with Gasteiger partial charge in [0.25, 0.3) is 0 Å². The van der Waals surface area contributed by atoms with Crippen LogP contribution in [0.4, 0.5) is 0 Å². The highest BCUT2D eigenvalue weighted by Gasteiger charge is 2.42.